The summed E-state index contributed by atoms with van der Waals surface area (Å²) in [5.41, 5.74) is 2.53. The lowest BCUT2D eigenvalue weighted by Crippen LogP contribution is -2.22. The molecule has 0 saturated heterocycles. The van der Waals surface area contributed by atoms with Crippen molar-refractivity contribution in [2.24, 2.45) is 0 Å². The SMILES string of the molecule is CN(C)C(=O)c1cccc(NC(=O)c2cc(-c3ccco3)n(-c3ccc(Cl)cc3)n2)c1. The van der Waals surface area contributed by atoms with E-state index in [2.05, 4.69) is 10.4 Å². The number of carbonyl (C=O) groups is 2. The maximum Gasteiger partial charge on any atom is 0.276 e. The summed E-state index contributed by atoms with van der Waals surface area (Å²) in [7, 11) is 3.35. The minimum absolute atomic E-state index is 0.150. The van der Waals surface area contributed by atoms with Crippen LogP contribution in [0.5, 0.6) is 0 Å². The summed E-state index contributed by atoms with van der Waals surface area (Å²) in [5.74, 6) is 0.0123. The second-order valence-electron chi connectivity index (χ2n) is 7.01. The number of hydrogen-bond acceptors (Lipinski definition) is 4. The normalized spacial score (nSPS) is 10.7. The van der Waals surface area contributed by atoms with Gasteiger partial charge in [0.1, 0.15) is 5.69 Å². The Morgan fingerprint density at radius 2 is 1.81 bits per heavy atom. The zero-order valence-electron chi connectivity index (χ0n) is 16.9. The summed E-state index contributed by atoms with van der Waals surface area (Å²) in [4.78, 5) is 26.6. The molecular weight excluding hydrogens is 416 g/mol. The van der Waals surface area contributed by atoms with Gasteiger partial charge in [-0.25, -0.2) is 4.68 Å². The lowest BCUT2D eigenvalue weighted by molar-refractivity contribution is 0.0827. The monoisotopic (exact) mass is 434 g/mol. The van der Waals surface area contributed by atoms with E-state index >= 15 is 0 Å². The number of aromatic nitrogens is 2. The number of anilines is 1. The molecule has 2 aromatic heterocycles. The van der Waals surface area contributed by atoms with E-state index in [1.165, 1.54) is 4.90 Å². The first-order valence-corrected chi connectivity index (χ1v) is 9.83. The highest BCUT2D eigenvalue weighted by Gasteiger charge is 2.19. The van der Waals surface area contributed by atoms with Crippen molar-refractivity contribution in [3.63, 3.8) is 0 Å². The molecule has 7 nitrogen and oxygen atoms in total. The van der Waals surface area contributed by atoms with Gasteiger partial charge in [0, 0.05) is 36.4 Å². The number of halogens is 1. The first-order chi connectivity index (χ1) is 14.9. The highest BCUT2D eigenvalue weighted by Crippen LogP contribution is 2.26. The van der Waals surface area contributed by atoms with Gasteiger partial charge in [-0.15, -0.1) is 0 Å². The van der Waals surface area contributed by atoms with Crippen molar-refractivity contribution in [3.05, 3.63) is 89.3 Å². The smallest absolute Gasteiger partial charge is 0.276 e. The van der Waals surface area contributed by atoms with Crippen LogP contribution in [0.2, 0.25) is 5.02 Å². The number of amides is 2. The van der Waals surface area contributed by atoms with Gasteiger partial charge in [0.05, 0.1) is 12.0 Å². The zero-order chi connectivity index (χ0) is 22.0. The number of furan rings is 1. The number of hydrogen-bond donors (Lipinski definition) is 1. The topological polar surface area (TPSA) is 80.4 Å². The van der Waals surface area contributed by atoms with Crippen LogP contribution in [0, 0.1) is 0 Å². The third-order valence-electron chi connectivity index (χ3n) is 4.56. The molecule has 8 heteroatoms. The molecule has 1 N–H and O–H groups in total. The maximum atomic E-state index is 12.9. The average Bonchev–Trinajstić information content (AvgIpc) is 3.44. The first kappa shape index (κ1) is 20.4. The third kappa shape index (κ3) is 4.36. The number of rotatable bonds is 5. The highest BCUT2D eigenvalue weighted by molar-refractivity contribution is 6.30. The largest absolute Gasteiger partial charge is 0.463 e. The van der Waals surface area contributed by atoms with Crippen LogP contribution < -0.4 is 5.32 Å². The number of benzene rings is 2. The molecule has 31 heavy (non-hydrogen) atoms. The Morgan fingerprint density at radius 1 is 1.03 bits per heavy atom. The molecule has 0 saturated carbocycles. The van der Waals surface area contributed by atoms with Gasteiger partial charge in [-0.2, -0.15) is 5.10 Å². The maximum absolute atomic E-state index is 12.9. The Balaban J connectivity index is 1.66. The molecule has 4 rings (SSSR count). The van der Waals surface area contributed by atoms with E-state index in [-0.39, 0.29) is 11.6 Å². The molecule has 0 fully saturated rings. The van der Waals surface area contributed by atoms with Gasteiger partial charge in [-0.05, 0) is 54.6 Å². The van der Waals surface area contributed by atoms with E-state index in [1.54, 1.807) is 91.8 Å². The Morgan fingerprint density at radius 3 is 2.48 bits per heavy atom. The Kier molecular flexibility index (Phi) is 5.60. The van der Waals surface area contributed by atoms with Gasteiger partial charge in [0.15, 0.2) is 11.5 Å². The van der Waals surface area contributed by atoms with Crippen LogP contribution in [0.1, 0.15) is 20.8 Å². The van der Waals surface area contributed by atoms with Gasteiger partial charge in [-0.1, -0.05) is 17.7 Å². The molecule has 0 aliphatic heterocycles. The van der Waals surface area contributed by atoms with Crippen molar-refractivity contribution >= 4 is 29.1 Å². The summed E-state index contributed by atoms with van der Waals surface area (Å²) in [5, 5.41) is 7.87. The summed E-state index contributed by atoms with van der Waals surface area (Å²) in [6.45, 7) is 0. The van der Waals surface area contributed by atoms with Crippen LogP contribution in [0.3, 0.4) is 0 Å². The molecule has 0 aliphatic carbocycles. The van der Waals surface area contributed by atoms with E-state index in [4.69, 9.17) is 16.0 Å². The van der Waals surface area contributed by atoms with E-state index < -0.39 is 5.91 Å². The standard InChI is InChI=1S/C23H19ClN4O3/c1-27(2)23(30)15-5-3-6-17(13-15)25-22(29)19-14-20(21-7-4-12-31-21)28(26-19)18-10-8-16(24)9-11-18/h3-14H,1-2H3,(H,25,29). The van der Waals surface area contributed by atoms with Crippen molar-refractivity contribution < 1.29 is 14.0 Å². The number of nitrogens with zero attached hydrogens (tertiary/aromatic N) is 3. The molecule has 4 aromatic rings. The van der Waals surface area contributed by atoms with Gasteiger partial charge < -0.3 is 14.6 Å². The van der Waals surface area contributed by atoms with Gasteiger partial charge >= 0.3 is 0 Å². The Labute approximate surface area is 183 Å². The fraction of sp³-hybridized carbons (Fsp3) is 0.0870. The first-order valence-electron chi connectivity index (χ1n) is 9.45. The summed E-state index contributed by atoms with van der Waals surface area (Å²) >= 11 is 6.00. The van der Waals surface area contributed by atoms with E-state index in [0.29, 0.717) is 27.7 Å². The van der Waals surface area contributed by atoms with Gasteiger partial charge in [-0.3, -0.25) is 9.59 Å². The Hall–Kier alpha value is -3.84. The van der Waals surface area contributed by atoms with Crippen LogP contribution >= 0.6 is 11.6 Å². The van der Waals surface area contributed by atoms with Crippen LogP contribution in [0.15, 0.2) is 77.4 Å². The number of nitrogens with one attached hydrogen (secondary N) is 1. The highest BCUT2D eigenvalue weighted by atomic mass is 35.5. The lowest BCUT2D eigenvalue weighted by atomic mass is 10.1. The van der Waals surface area contributed by atoms with E-state index in [9.17, 15) is 9.59 Å². The van der Waals surface area contributed by atoms with Crippen molar-refractivity contribution in [3.8, 4) is 17.1 Å². The van der Waals surface area contributed by atoms with Crippen molar-refractivity contribution in [1.29, 1.82) is 0 Å². The second kappa shape index (κ2) is 8.49. The molecule has 0 spiro atoms. The zero-order valence-corrected chi connectivity index (χ0v) is 17.6. The van der Waals surface area contributed by atoms with Crippen LogP contribution in [-0.4, -0.2) is 40.6 Å². The minimum atomic E-state index is -0.407. The Bertz CT molecular complexity index is 1230. The molecular formula is C23H19ClN4O3. The molecule has 2 heterocycles. The van der Waals surface area contributed by atoms with Crippen LogP contribution in [0.25, 0.3) is 17.1 Å². The van der Waals surface area contributed by atoms with Crippen molar-refractivity contribution in [2.75, 3.05) is 19.4 Å². The van der Waals surface area contributed by atoms with Crippen molar-refractivity contribution in [2.45, 2.75) is 0 Å². The molecule has 0 radical (unpaired) electrons. The van der Waals surface area contributed by atoms with Gasteiger partial charge in [0.2, 0.25) is 0 Å². The van der Waals surface area contributed by atoms with E-state index in [0.717, 1.165) is 5.69 Å². The van der Waals surface area contributed by atoms with Crippen LogP contribution in [-0.2, 0) is 0 Å². The molecule has 156 valence electrons. The molecule has 0 unspecified atom stereocenters. The fourth-order valence-electron chi connectivity index (χ4n) is 3.05. The van der Waals surface area contributed by atoms with E-state index in [1.807, 2.05) is 0 Å². The minimum Gasteiger partial charge on any atom is -0.463 e. The summed E-state index contributed by atoms with van der Waals surface area (Å²) in [6, 6.07) is 19.1. The summed E-state index contributed by atoms with van der Waals surface area (Å²) in [6.07, 6.45) is 1.56. The average molecular weight is 435 g/mol. The predicted molar refractivity (Wildman–Crippen MR) is 119 cm³/mol. The molecule has 2 amide bonds. The third-order valence-corrected chi connectivity index (χ3v) is 4.81. The second-order valence-corrected chi connectivity index (χ2v) is 7.45. The fourth-order valence-corrected chi connectivity index (χ4v) is 3.18. The van der Waals surface area contributed by atoms with Gasteiger partial charge in [0.25, 0.3) is 11.8 Å². The summed E-state index contributed by atoms with van der Waals surface area (Å²) < 4.78 is 7.14. The molecule has 0 atom stereocenters. The molecule has 0 aliphatic rings. The van der Waals surface area contributed by atoms with Crippen LogP contribution in [0.4, 0.5) is 5.69 Å². The molecule has 2 aromatic carbocycles. The quantitative estimate of drug-likeness (QED) is 0.492. The lowest BCUT2D eigenvalue weighted by Gasteiger charge is -2.11. The number of carbonyl (C=O) groups excluding carboxylic acids is 2. The predicted octanol–water partition coefficient (Wildman–Crippen LogP) is 4.74. The van der Waals surface area contributed by atoms with Crippen molar-refractivity contribution in [1.82, 2.24) is 14.7 Å². The molecule has 0 bridgehead atoms.